The van der Waals surface area contributed by atoms with E-state index in [-0.39, 0.29) is 30.7 Å². The molecule has 118 valence electrons. The molecule has 0 unspecified atom stereocenters. The lowest BCUT2D eigenvalue weighted by molar-refractivity contribution is -0.116. The number of amides is 1. The van der Waals surface area contributed by atoms with Crippen molar-refractivity contribution < 1.29 is 4.79 Å². The molecule has 21 heavy (non-hydrogen) atoms. The van der Waals surface area contributed by atoms with Crippen LogP contribution in [0.15, 0.2) is 18.2 Å². The smallest absolute Gasteiger partial charge is 0.225 e. The first-order chi connectivity index (χ1) is 9.19. The molecular weight excluding hydrogens is 311 g/mol. The number of imidazole rings is 1. The number of nitrogens with zero attached hydrogens (tertiary/aromatic N) is 2. The molecule has 7 heteroatoms. The normalized spacial score (nSPS) is 9.86. The second-order valence-corrected chi connectivity index (χ2v) is 4.42. The molecule has 2 rings (SSSR count). The van der Waals surface area contributed by atoms with E-state index in [2.05, 4.69) is 28.7 Å². The zero-order valence-corrected chi connectivity index (χ0v) is 13.9. The highest BCUT2D eigenvalue weighted by Gasteiger charge is 2.09. The van der Waals surface area contributed by atoms with E-state index in [0.717, 1.165) is 35.5 Å². The Morgan fingerprint density at radius 1 is 1.33 bits per heavy atom. The molecule has 0 spiro atoms. The molecule has 0 saturated heterocycles. The van der Waals surface area contributed by atoms with E-state index >= 15 is 0 Å². The van der Waals surface area contributed by atoms with Crippen molar-refractivity contribution in [1.29, 1.82) is 0 Å². The fourth-order valence-corrected chi connectivity index (χ4v) is 2.23. The van der Waals surface area contributed by atoms with Crippen LogP contribution in [0.5, 0.6) is 0 Å². The van der Waals surface area contributed by atoms with E-state index in [0.29, 0.717) is 13.0 Å². The van der Waals surface area contributed by atoms with Gasteiger partial charge >= 0.3 is 0 Å². The number of nitrogens with one attached hydrogen (secondary N) is 1. The zero-order chi connectivity index (χ0) is 13.8. The number of fused-ring (bicyclic) bond motifs is 1. The topological polar surface area (TPSA) is 72.9 Å². The summed E-state index contributed by atoms with van der Waals surface area (Å²) in [5.41, 5.74) is 8.16. The van der Waals surface area contributed by atoms with E-state index in [9.17, 15) is 4.79 Å². The van der Waals surface area contributed by atoms with Crippen molar-refractivity contribution in [2.24, 2.45) is 5.73 Å². The maximum atomic E-state index is 11.5. The lowest BCUT2D eigenvalue weighted by Gasteiger charge is -2.05. The summed E-state index contributed by atoms with van der Waals surface area (Å²) in [6, 6.07) is 5.82. The number of carbonyl (C=O) groups excluding carboxylic acids is 1. The molecule has 1 heterocycles. The molecule has 0 aliphatic rings. The fraction of sp³-hybridized carbons (Fsp3) is 0.429. The summed E-state index contributed by atoms with van der Waals surface area (Å²) in [6.45, 7) is 5.46. The highest BCUT2D eigenvalue weighted by molar-refractivity contribution is 5.93. The quantitative estimate of drug-likeness (QED) is 0.884. The number of nitrogens with two attached hydrogens (primary N) is 1. The molecule has 3 N–H and O–H groups in total. The highest BCUT2D eigenvalue weighted by Crippen LogP contribution is 2.21. The number of hydrogen-bond acceptors (Lipinski definition) is 3. The zero-order valence-electron chi connectivity index (χ0n) is 12.3. The molecule has 0 fully saturated rings. The van der Waals surface area contributed by atoms with Crippen LogP contribution in [0.4, 0.5) is 5.69 Å². The second kappa shape index (κ2) is 8.87. The van der Waals surface area contributed by atoms with Crippen molar-refractivity contribution in [3.05, 3.63) is 24.0 Å². The standard InChI is InChI=1S/C14H20N4O.2ClH/c1-3-13-17-11-9-10(16-14(19)7-8-15)5-6-12(11)18(13)4-2;;/h5-6,9H,3-4,7-8,15H2,1-2H3,(H,16,19);2*1H. The van der Waals surface area contributed by atoms with E-state index in [1.807, 2.05) is 18.2 Å². The van der Waals surface area contributed by atoms with Crippen LogP contribution < -0.4 is 11.1 Å². The van der Waals surface area contributed by atoms with Gasteiger partial charge in [-0.1, -0.05) is 6.92 Å². The molecule has 0 aliphatic heterocycles. The second-order valence-electron chi connectivity index (χ2n) is 4.42. The predicted molar refractivity (Wildman–Crippen MR) is 91.6 cm³/mol. The summed E-state index contributed by atoms with van der Waals surface area (Å²) in [5, 5.41) is 2.83. The van der Waals surface area contributed by atoms with Gasteiger partial charge in [0.15, 0.2) is 0 Å². The van der Waals surface area contributed by atoms with Crippen LogP contribution in [0.25, 0.3) is 11.0 Å². The van der Waals surface area contributed by atoms with Gasteiger partial charge in [-0.2, -0.15) is 0 Å². The van der Waals surface area contributed by atoms with Gasteiger partial charge in [-0.15, -0.1) is 24.8 Å². The van der Waals surface area contributed by atoms with Crippen molar-refractivity contribution in [2.75, 3.05) is 11.9 Å². The van der Waals surface area contributed by atoms with Crippen molar-refractivity contribution in [1.82, 2.24) is 9.55 Å². The molecule has 0 bridgehead atoms. The van der Waals surface area contributed by atoms with E-state index in [1.54, 1.807) is 0 Å². The van der Waals surface area contributed by atoms with Crippen molar-refractivity contribution in [2.45, 2.75) is 33.2 Å². The lowest BCUT2D eigenvalue weighted by Crippen LogP contribution is -2.16. The summed E-state index contributed by atoms with van der Waals surface area (Å²) in [5.74, 6) is 1.01. The Kier molecular flexibility index (Phi) is 8.32. The SMILES string of the molecule is CCc1nc2cc(NC(=O)CCN)ccc2n1CC.Cl.Cl. The van der Waals surface area contributed by atoms with Crippen LogP contribution in [-0.2, 0) is 17.8 Å². The molecule has 0 aliphatic carbocycles. The Morgan fingerprint density at radius 3 is 2.62 bits per heavy atom. The third-order valence-electron chi connectivity index (χ3n) is 3.11. The van der Waals surface area contributed by atoms with Crippen LogP contribution in [0.2, 0.25) is 0 Å². The Hall–Kier alpha value is -1.30. The van der Waals surface area contributed by atoms with Gasteiger partial charge in [0, 0.05) is 31.6 Å². The van der Waals surface area contributed by atoms with Crippen LogP contribution in [0, 0.1) is 0 Å². The van der Waals surface area contributed by atoms with E-state index < -0.39 is 0 Å². The van der Waals surface area contributed by atoms with E-state index in [4.69, 9.17) is 5.73 Å². The molecule has 1 aromatic heterocycles. The van der Waals surface area contributed by atoms with Gasteiger partial charge in [0.2, 0.25) is 5.91 Å². The largest absolute Gasteiger partial charge is 0.330 e. The third-order valence-corrected chi connectivity index (χ3v) is 3.11. The Morgan fingerprint density at radius 2 is 2.05 bits per heavy atom. The number of anilines is 1. The van der Waals surface area contributed by atoms with Gasteiger partial charge in [-0.3, -0.25) is 4.79 Å². The molecule has 5 nitrogen and oxygen atoms in total. The first-order valence-corrected chi connectivity index (χ1v) is 6.68. The average Bonchev–Trinajstić information content (AvgIpc) is 2.75. The first kappa shape index (κ1) is 19.7. The molecular formula is C14H22Cl2N4O. The number of benzene rings is 1. The number of aromatic nitrogens is 2. The van der Waals surface area contributed by atoms with Crippen LogP contribution in [0.1, 0.15) is 26.1 Å². The minimum Gasteiger partial charge on any atom is -0.330 e. The summed E-state index contributed by atoms with van der Waals surface area (Å²) in [7, 11) is 0. The van der Waals surface area contributed by atoms with Gasteiger partial charge < -0.3 is 15.6 Å². The molecule has 0 atom stereocenters. The van der Waals surface area contributed by atoms with Crippen LogP contribution in [-0.4, -0.2) is 22.0 Å². The third kappa shape index (κ3) is 4.33. The molecule has 2 aromatic rings. The first-order valence-electron chi connectivity index (χ1n) is 6.68. The van der Waals surface area contributed by atoms with Gasteiger partial charge in [-0.05, 0) is 25.1 Å². The number of hydrogen-bond donors (Lipinski definition) is 2. The maximum Gasteiger partial charge on any atom is 0.225 e. The average molecular weight is 333 g/mol. The van der Waals surface area contributed by atoms with Gasteiger partial charge in [0.25, 0.3) is 0 Å². The van der Waals surface area contributed by atoms with Crippen molar-refractivity contribution in [3.8, 4) is 0 Å². The van der Waals surface area contributed by atoms with Gasteiger partial charge in [-0.25, -0.2) is 4.98 Å². The number of carbonyl (C=O) groups is 1. The summed E-state index contributed by atoms with van der Waals surface area (Å²) in [6.07, 6.45) is 1.24. The molecule has 0 radical (unpaired) electrons. The monoisotopic (exact) mass is 332 g/mol. The van der Waals surface area contributed by atoms with Crippen LogP contribution in [0.3, 0.4) is 0 Å². The summed E-state index contributed by atoms with van der Waals surface area (Å²) in [4.78, 5) is 16.1. The molecule has 1 amide bonds. The molecule has 0 saturated carbocycles. The minimum absolute atomic E-state index is 0. The summed E-state index contributed by atoms with van der Waals surface area (Å²) >= 11 is 0. The fourth-order valence-electron chi connectivity index (χ4n) is 2.23. The maximum absolute atomic E-state index is 11.5. The number of rotatable bonds is 5. The Balaban J connectivity index is 0.00000200. The Bertz CT molecular complexity index is 598. The summed E-state index contributed by atoms with van der Waals surface area (Å²) < 4.78 is 2.20. The van der Waals surface area contributed by atoms with Crippen LogP contribution >= 0.6 is 24.8 Å². The van der Waals surface area contributed by atoms with Gasteiger partial charge in [0.1, 0.15) is 5.82 Å². The number of halogens is 2. The Labute approximate surface area is 137 Å². The van der Waals surface area contributed by atoms with Crippen molar-refractivity contribution >= 4 is 47.4 Å². The number of aryl methyl sites for hydroxylation is 2. The lowest BCUT2D eigenvalue weighted by atomic mass is 10.2. The predicted octanol–water partition coefficient (Wildman–Crippen LogP) is 2.75. The van der Waals surface area contributed by atoms with E-state index in [1.165, 1.54) is 0 Å². The van der Waals surface area contributed by atoms with Crippen molar-refractivity contribution in [3.63, 3.8) is 0 Å². The van der Waals surface area contributed by atoms with Gasteiger partial charge in [0.05, 0.1) is 11.0 Å². The molecule has 1 aromatic carbocycles. The highest BCUT2D eigenvalue weighted by atomic mass is 35.5. The minimum atomic E-state index is -0.0625.